The Hall–Kier alpha value is -1.42. The fourth-order valence-electron chi connectivity index (χ4n) is 1.06. The summed E-state index contributed by atoms with van der Waals surface area (Å²) in [6, 6.07) is 5.44. The normalized spacial score (nSPS) is 10.3. The van der Waals surface area contributed by atoms with Gasteiger partial charge in [-0.05, 0) is 29.7 Å². The molecule has 0 bridgehead atoms. The summed E-state index contributed by atoms with van der Waals surface area (Å²) in [5.74, 6) is 0. The van der Waals surface area contributed by atoms with Crippen LogP contribution in [0.15, 0.2) is 18.2 Å². The Bertz CT molecular complexity index is 436. The largest absolute Gasteiger partial charge is 0.399 e. The number of carbonyl (C=O) groups is 1. The summed E-state index contributed by atoms with van der Waals surface area (Å²) in [5.41, 5.74) is 6.70. The third-order valence-electron chi connectivity index (χ3n) is 1.63. The number of nitrogens with two attached hydrogens (primary N) is 1. The maximum Gasteiger partial charge on any atom is 0.170 e. The summed E-state index contributed by atoms with van der Waals surface area (Å²) in [4.78, 5) is 10.5. The molecule has 12 heavy (non-hydrogen) atoms. The standard InChI is InChI=1S/C8H6N2OS/c9-5-1-2-8-6(3-5)7(4-11)10-12-8/h1-4H,9H2. The quantitative estimate of drug-likeness (QED) is 0.534. The summed E-state index contributed by atoms with van der Waals surface area (Å²) in [6.45, 7) is 0. The van der Waals surface area contributed by atoms with Crippen LogP contribution in [0.1, 0.15) is 10.5 Å². The molecule has 0 spiro atoms. The van der Waals surface area contributed by atoms with Crippen molar-refractivity contribution < 1.29 is 4.79 Å². The van der Waals surface area contributed by atoms with Crippen molar-refractivity contribution in [1.82, 2.24) is 4.37 Å². The van der Waals surface area contributed by atoms with Gasteiger partial charge in [-0.2, -0.15) is 4.37 Å². The maximum atomic E-state index is 10.5. The van der Waals surface area contributed by atoms with Gasteiger partial charge in [-0.15, -0.1) is 0 Å². The van der Waals surface area contributed by atoms with Gasteiger partial charge in [0, 0.05) is 11.1 Å². The second kappa shape index (κ2) is 2.57. The first-order chi connectivity index (χ1) is 5.81. The van der Waals surface area contributed by atoms with Crippen LogP contribution in [0.4, 0.5) is 5.69 Å². The fourth-order valence-corrected chi connectivity index (χ4v) is 1.79. The van der Waals surface area contributed by atoms with Crippen LogP contribution in [0.5, 0.6) is 0 Å². The summed E-state index contributed by atoms with van der Waals surface area (Å²) in [5, 5.41) is 0.843. The highest BCUT2D eigenvalue weighted by molar-refractivity contribution is 7.13. The monoisotopic (exact) mass is 178 g/mol. The molecule has 0 fully saturated rings. The number of aromatic nitrogens is 1. The van der Waals surface area contributed by atoms with Crippen molar-refractivity contribution in [2.24, 2.45) is 0 Å². The van der Waals surface area contributed by atoms with Gasteiger partial charge < -0.3 is 5.73 Å². The molecule has 0 radical (unpaired) electrons. The average Bonchev–Trinajstić information content (AvgIpc) is 2.46. The molecule has 2 aromatic rings. The predicted octanol–water partition coefficient (Wildman–Crippen LogP) is 1.69. The van der Waals surface area contributed by atoms with E-state index in [9.17, 15) is 4.79 Å². The zero-order chi connectivity index (χ0) is 8.55. The van der Waals surface area contributed by atoms with Gasteiger partial charge in [0.25, 0.3) is 0 Å². The first-order valence-electron chi connectivity index (χ1n) is 3.41. The van der Waals surface area contributed by atoms with Gasteiger partial charge >= 0.3 is 0 Å². The highest BCUT2D eigenvalue weighted by atomic mass is 32.1. The lowest BCUT2D eigenvalue weighted by Crippen LogP contribution is -1.84. The van der Waals surface area contributed by atoms with E-state index in [1.54, 1.807) is 12.1 Å². The minimum absolute atomic E-state index is 0.474. The second-order valence-electron chi connectivity index (χ2n) is 2.44. The van der Waals surface area contributed by atoms with Crippen molar-refractivity contribution >= 4 is 33.6 Å². The second-order valence-corrected chi connectivity index (χ2v) is 3.25. The Morgan fingerprint density at radius 2 is 2.33 bits per heavy atom. The van der Waals surface area contributed by atoms with Gasteiger partial charge in [0.15, 0.2) is 6.29 Å². The van der Waals surface area contributed by atoms with Gasteiger partial charge in [0.05, 0.1) is 4.70 Å². The number of nitrogen functional groups attached to an aromatic ring is 1. The van der Waals surface area contributed by atoms with Crippen molar-refractivity contribution in [3.8, 4) is 0 Å². The van der Waals surface area contributed by atoms with Crippen molar-refractivity contribution in [3.63, 3.8) is 0 Å². The SMILES string of the molecule is Nc1ccc2snc(C=O)c2c1. The molecule has 60 valence electrons. The van der Waals surface area contributed by atoms with E-state index < -0.39 is 0 Å². The Morgan fingerprint density at radius 1 is 1.50 bits per heavy atom. The molecule has 1 heterocycles. The molecule has 0 aliphatic rings. The number of fused-ring (bicyclic) bond motifs is 1. The number of nitrogens with zero attached hydrogens (tertiary/aromatic N) is 1. The van der Waals surface area contributed by atoms with Gasteiger partial charge in [-0.3, -0.25) is 4.79 Å². The van der Waals surface area contributed by atoms with E-state index in [4.69, 9.17) is 5.73 Å². The lowest BCUT2D eigenvalue weighted by molar-refractivity contribution is 0.112. The third kappa shape index (κ3) is 0.967. The van der Waals surface area contributed by atoms with Crippen LogP contribution in [0.2, 0.25) is 0 Å². The summed E-state index contributed by atoms with van der Waals surface area (Å²) < 4.78 is 4.96. The molecule has 0 saturated heterocycles. The molecule has 0 saturated carbocycles. The van der Waals surface area contributed by atoms with Gasteiger partial charge in [0.2, 0.25) is 0 Å². The van der Waals surface area contributed by atoms with Crippen LogP contribution in [-0.4, -0.2) is 10.7 Å². The molecule has 0 aliphatic carbocycles. The Labute approximate surface area is 73.0 Å². The number of carbonyl (C=O) groups excluding carboxylic acids is 1. The maximum absolute atomic E-state index is 10.5. The molecular formula is C8H6N2OS. The summed E-state index contributed by atoms with van der Waals surface area (Å²) in [6.07, 6.45) is 0.748. The van der Waals surface area contributed by atoms with Crippen molar-refractivity contribution in [2.45, 2.75) is 0 Å². The van der Waals surface area contributed by atoms with Crippen LogP contribution < -0.4 is 5.73 Å². The third-order valence-corrected chi connectivity index (χ3v) is 2.47. The number of hydrogen-bond donors (Lipinski definition) is 1. The molecular weight excluding hydrogens is 172 g/mol. The number of rotatable bonds is 1. The first kappa shape index (κ1) is 7.24. The van der Waals surface area contributed by atoms with Gasteiger partial charge in [0.1, 0.15) is 5.69 Å². The zero-order valence-electron chi connectivity index (χ0n) is 6.15. The molecule has 2 rings (SSSR count). The van der Waals surface area contributed by atoms with E-state index in [1.165, 1.54) is 11.5 Å². The van der Waals surface area contributed by atoms with Crippen LogP contribution in [-0.2, 0) is 0 Å². The molecule has 0 unspecified atom stereocenters. The first-order valence-corrected chi connectivity index (χ1v) is 4.18. The summed E-state index contributed by atoms with van der Waals surface area (Å²) >= 11 is 1.31. The summed E-state index contributed by atoms with van der Waals surface area (Å²) in [7, 11) is 0. The molecule has 3 nitrogen and oxygen atoms in total. The molecule has 1 aromatic carbocycles. The smallest absolute Gasteiger partial charge is 0.170 e. The average molecular weight is 178 g/mol. The molecule has 4 heteroatoms. The molecule has 2 N–H and O–H groups in total. The highest BCUT2D eigenvalue weighted by Crippen LogP contribution is 2.23. The van der Waals surface area contributed by atoms with Crippen molar-refractivity contribution in [2.75, 3.05) is 5.73 Å². The lowest BCUT2D eigenvalue weighted by Gasteiger charge is -1.91. The molecule has 0 aliphatic heterocycles. The van der Waals surface area contributed by atoms with E-state index in [0.29, 0.717) is 11.4 Å². The highest BCUT2D eigenvalue weighted by Gasteiger charge is 2.03. The van der Waals surface area contributed by atoms with E-state index in [1.807, 2.05) is 6.07 Å². The predicted molar refractivity (Wildman–Crippen MR) is 49.4 cm³/mol. The Balaban J connectivity index is 2.83. The van der Waals surface area contributed by atoms with E-state index in [2.05, 4.69) is 4.37 Å². The van der Waals surface area contributed by atoms with Gasteiger partial charge in [-0.1, -0.05) is 0 Å². The topological polar surface area (TPSA) is 56.0 Å². The molecule has 0 amide bonds. The van der Waals surface area contributed by atoms with Gasteiger partial charge in [-0.25, -0.2) is 0 Å². The van der Waals surface area contributed by atoms with Crippen LogP contribution >= 0.6 is 11.5 Å². The number of anilines is 1. The number of benzene rings is 1. The molecule has 1 aromatic heterocycles. The zero-order valence-corrected chi connectivity index (χ0v) is 6.97. The van der Waals surface area contributed by atoms with E-state index in [-0.39, 0.29) is 0 Å². The number of hydrogen-bond acceptors (Lipinski definition) is 4. The van der Waals surface area contributed by atoms with Crippen LogP contribution in [0.25, 0.3) is 10.1 Å². The van der Waals surface area contributed by atoms with E-state index in [0.717, 1.165) is 16.4 Å². The van der Waals surface area contributed by atoms with Crippen LogP contribution in [0.3, 0.4) is 0 Å². The fraction of sp³-hybridized carbons (Fsp3) is 0. The van der Waals surface area contributed by atoms with Crippen LogP contribution in [0, 0.1) is 0 Å². The van der Waals surface area contributed by atoms with Crippen molar-refractivity contribution in [3.05, 3.63) is 23.9 Å². The Morgan fingerprint density at radius 3 is 3.08 bits per heavy atom. The minimum atomic E-state index is 0.474. The van der Waals surface area contributed by atoms with E-state index >= 15 is 0 Å². The molecule has 0 atom stereocenters. The Kier molecular flexibility index (Phi) is 1.55. The minimum Gasteiger partial charge on any atom is -0.399 e. The lowest BCUT2D eigenvalue weighted by atomic mass is 10.2. The number of aldehydes is 1. The van der Waals surface area contributed by atoms with Crippen molar-refractivity contribution in [1.29, 1.82) is 0 Å².